The van der Waals surface area contributed by atoms with Gasteiger partial charge < -0.3 is 4.74 Å². The highest BCUT2D eigenvalue weighted by atomic mass is 35.5. The van der Waals surface area contributed by atoms with E-state index in [2.05, 4.69) is 20.2 Å². The van der Waals surface area contributed by atoms with Crippen LogP contribution in [0.2, 0.25) is 5.02 Å². The Morgan fingerprint density at radius 3 is 2.83 bits per heavy atom. The van der Waals surface area contributed by atoms with Crippen LogP contribution in [0.4, 0.5) is 4.39 Å². The maximum absolute atomic E-state index is 14.0. The van der Waals surface area contributed by atoms with E-state index in [9.17, 15) is 4.39 Å². The predicted octanol–water partition coefficient (Wildman–Crippen LogP) is 3.45. The van der Waals surface area contributed by atoms with Gasteiger partial charge in [-0.15, -0.1) is 10.2 Å². The molecule has 0 radical (unpaired) electrons. The van der Waals surface area contributed by atoms with E-state index in [1.165, 1.54) is 25.4 Å². The quantitative estimate of drug-likeness (QED) is 0.557. The summed E-state index contributed by atoms with van der Waals surface area (Å²) in [4.78, 5) is 8.46. The first kappa shape index (κ1) is 14.8. The van der Waals surface area contributed by atoms with Gasteiger partial charge in [0.1, 0.15) is 17.1 Å². The summed E-state index contributed by atoms with van der Waals surface area (Å²) in [6.45, 7) is 1.81. The molecule has 0 aliphatic rings. The highest BCUT2D eigenvalue weighted by Gasteiger charge is 2.19. The number of pyridine rings is 1. The van der Waals surface area contributed by atoms with Gasteiger partial charge in [0.25, 0.3) is 0 Å². The maximum atomic E-state index is 14.0. The van der Waals surface area contributed by atoms with E-state index in [1.807, 2.05) is 6.92 Å². The van der Waals surface area contributed by atoms with Crippen LogP contribution in [-0.4, -0.2) is 31.7 Å². The largest absolute Gasteiger partial charge is 0.494 e. The van der Waals surface area contributed by atoms with Gasteiger partial charge in [0.05, 0.1) is 23.3 Å². The van der Waals surface area contributed by atoms with Gasteiger partial charge in [-0.05, 0) is 13.0 Å². The summed E-state index contributed by atoms with van der Waals surface area (Å²) < 4.78 is 21.0. The van der Waals surface area contributed by atoms with Crippen LogP contribution in [0.3, 0.4) is 0 Å². The Morgan fingerprint density at radius 1 is 1.25 bits per heavy atom. The molecule has 0 spiro atoms. The minimum absolute atomic E-state index is 0.343. The monoisotopic (exact) mass is 343 g/mol. The number of aryl methyl sites for hydroxylation is 1. The first-order chi connectivity index (χ1) is 11.6. The number of aromatic nitrogens is 5. The molecule has 3 heterocycles. The topological polar surface area (TPSA) is 65.2 Å². The predicted molar refractivity (Wildman–Crippen MR) is 87.8 cm³/mol. The van der Waals surface area contributed by atoms with E-state index >= 15 is 0 Å². The number of rotatable bonds is 2. The van der Waals surface area contributed by atoms with Crippen LogP contribution in [0, 0.1) is 12.7 Å². The van der Waals surface area contributed by atoms with Crippen molar-refractivity contribution in [1.29, 1.82) is 0 Å². The van der Waals surface area contributed by atoms with Crippen LogP contribution < -0.4 is 4.74 Å². The molecule has 0 unspecified atom stereocenters. The lowest BCUT2D eigenvalue weighted by atomic mass is 10.2. The number of nitrogens with zero attached hydrogens (tertiary/aromatic N) is 5. The lowest BCUT2D eigenvalue weighted by molar-refractivity contribution is 0.415. The molecule has 120 valence electrons. The SMILES string of the molecule is COc1cc(F)cc2c1nc(C)c1nnc(-c3ccncc3Cl)n12. The fraction of sp³-hybridized carbons (Fsp3) is 0.125. The number of methoxy groups -OCH3 is 1. The van der Waals surface area contributed by atoms with Gasteiger partial charge in [-0.25, -0.2) is 9.37 Å². The van der Waals surface area contributed by atoms with Crippen molar-refractivity contribution in [2.24, 2.45) is 0 Å². The Hall–Kier alpha value is -2.80. The Balaban J connectivity index is 2.20. The molecule has 0 bridgehead atoms. The fourth-order valence-corrected chi connectivity index (χ4v) is 2.90. The average molecular weight is 344 g/mol. The molecular weight excluding hydrogens is 333 g/mol. The van der Waals surface area contributed by atoms with E-state index in [1.54, 1.807) is 16.7 Å². The van der Waals surface area contributed by atoms with E-state index in [0.717, 1.165) is 0 Å². The molecule has 0 fully saturated rings. The zero-order chi connectivity index (χ0) is 16.8. The lowest BCUT2D eigenvalue weighted by Crippen LogP contribution is -2.00. The van der Waals surface area contributed by atoms with E-state index in [-0.39, 0.29) is 0 Å². The standard InChI is InChI=1S/C16H11ClFN5O/c1-8-15-21-22-16(10-3-4-19-7-11(10)17)23(15)12-5-9(18)6-13(24-2)14(12)20-8/h3-7H,1-2H3. The summed E-state index contributed by atoms with van der Waals surface area (Å²) in [5, 5.41) is 8.83. The number of hydrogen-bond donors (Lipinski definition) is 0. The second-order valence-corrected chi connectivity index (χ2v) is 5.62. The van der Waals surface area contributed by atoms with Crippen LogP contribution in [0.25, 0.3) is 28.1 Å². The van der Waals surface area contributed by atoms with Crippen LogP contribution in [-0.2, 0) is 0 Å². The van der Waals surface area contributed by atoms with Gasteiger partial charge in [-0.1, -0.05) is 11.6 Å². The van der Waals surface area contributed by atoms with Crippen molar-refractivity contribution in [2.75, 3.05) is 7.11 Å². The van der Waals surface area contributed by atoms with E-state index in [0.29, 0.717) is 44.5 Å². The minimum Gasteiger partial charge on any atom is -0.494 e. The summed E-state index contributed by atoms with van der Waals surface area (Å²) in [6.07, 6.45) is 3.13. The first-order valence-corrected chi connectivity index (χ1v) is 7.47. The van der Waals surface area contributed by atoms with Gasteiger partial charge in [0.15, 0.2) is 11.5 Å². The summed E-state index contributed by atoms with van der Waals surface area (Å²) in [5.41, 5.74) is 2.85. The lowest BCUT2D eigenvalue weighted by Gasteiger charge is -2.10. The molecule has 0 saturated heterocycles. The number of benzene rings is 1. The summed E-state index contributed by atoms with van der Waals surface area (Å²) >= 11 is 6.24. The molecule has 0 amide bonds. The molecule has 3 aromatic heterocycles. The molecule has 4 aromatic rings. The van der Waals surface area contributed by atoms with E-state index < -0.39 is 5.82 Å². The Labute approximate surface area is 140 Å². The molecule has 0 N–H and O–H groups in total. The van der Waals surface area contributed by atoms with Crippen molar-refractivity contribution < 1.29 is 9.13 Å². The number of hydrogen-bond acceptors (Lipinski definition) is 5. The number of fused-ring (bicyclic) bond motifs is 3. The first-order valence-electron chi connectivity index (χ1n) is 7.09. The van der Waals surface area contributed by atoms with Crippen LogP contribution >= 0.6 is 11.6 Å². The number of ether oxygens (including phenoxy) is 1. The minimum atomic E-state index is -0.438. The average Bonchev–Trinajstić information content (AvgIpc) is 3.01. The van der Waals surface area contributed by atoms with Crippen molar-refractivity contribution in [3.05, 3.63) is 47.1 Å². The second-order valence-electron chi connectivity index (χ2n) is 5.21. The van der Waals surface area contributed by atoms with Gasteiger partial charge in [0.2, 0.25) is 0 Å². The molecule has 0 aliphatic carbocycles. The zero-order valence-electron chi connectivity index (χ0n) is 12.8. The third kappa shape index (κ3) is 2.09. The normalized spacial score (nSPS) is 11.3. The second kappa shape index (κ2) is 5.38. The highest BCUT2D eigenvalue weighted by Crippen LogP contribution is 2.32. The molecule has 0 saturated carbocycles. The van der Waals surface area contributed by atoms with Crippen LogP contribution in [0.1, 0.15) is 5.69 Å². The molecule has 6 nitrogen and oxygen atoms in total. The van der Waals surface area contributed by atoms with Crippen LogP contribution in [0.15, 0.2) is 30.6 Å². The molecule has 8 heteroatoms. The third-order valence-electron chi connectivity index (χ3n) is 3.76. The summed E-state index contributed by atoms with van der Waals surface area (Å²) in [7, 11) is 1.47. The summed E-state index contributed by atoms with van der Waals surface area (Å²) in [5.74, 6) is 0.391. The number of halogens is 2. The third-order valence-corrected chi connectivity index (χ3v) is 4.06. The van der Waals surface area contributed by atoms with Gasteiger partial charge in [-0.3, -0.25) is 9.38 Å². The molecule has 0 atom stereocenters. The Kier molecular flexibility index (Phi) is 3.31. The molecular formula is C16H11ClFN5O. The van der Waals surface area contributed by atoms with Gasteiger partial charge in [-0.2, -0.15) is 0 Å². The molecule has 0 aliphatic heterocycles. The molecule has 1 aromatic carbocycles. The maximum Gasteiger partial charge on any atom is 0.183 e. The van der Waals surface area contributed by atoms with E-state index in [4.69, 9.17) is 16.3 Å². The van der Waals surface area contributed by atoms with Crippen molar-refractivity contribution in [2.45, 2.75) is 6.92 Å². The molecule has 24 heavy (non-hydrogen) atoms. The molecule has 4 rings (SSSR count). The fourth-order valence-electron chi connectivity index (χ4n) is 2.69. The summed E-state index contributed by atoms with van der Waals surface area (Å²) in [6, 6.07) is 4.40. The van der Waals surface area contributed by atoms with Gasteiger partial charge >= 0.3 is 0 Å². The van der Waals surface area contributed by atoms with Crippen molar-refractivity contribution >= 4 is 28.3 Å². The smallest absolute Gasteiger partial charge is 0.183 e. The van der Waals surface area contributed by atoms with Crippen LogP contribution in [0.5, 0.6) is 5.75 Å². The van der Waals surface area contributed by atoms with Crippen molar-refractivity contribution in [3.8, 4) is 17.1 Å². The van der Waals surface area contributed by atoms with Gasteiger partial charge in [0, 0.05) is 30.1 Å². The zero-order valence-corrected chi connectivity index (χ0v) is 13.5. The Morgan fingerprint density at radius 2 is 2.08 bits per heavy atom. The highest BCUT2D eigenvalue weighted by molar-refractivity contribution is 6.33. The van der Waals surface area contributed by atoms with Crippen molar-refractivity contribution in [1.82, 2.24) is 24.6 Å². The van der Waals surface area contributed by atoms with Crippen molar-refractivity contribution in [3.63, 3.8) is 0 Å². The Bertz CT molecular complexity index is 1090.